The molecule has 4 heteroatoms. The van der Waals surface area contributed by atoms with Gasteiger partial charge < -0.3 is 10.4 Å². The van der Waals surface area contributed by atoms with Crippen molar-refractivity contribution in [1.29, 1.82) is 0 Å². The number of aliphatic hydroxyl groups is 1. The van der Waals surface area contributed by atoms with Crippen molar-refractivity contribution in [3.63, 3.8) is 0 Å². The predicted octanol–water partition coefficient (Wildman–Crippen LogP) is 4.25. The molecule has 1 atom stereocenters. The summed E-state index contributed by atoms with van der Waals surface area (Å²) in [6.45, 7) is 2.19. The van der Waals surface area contributed by atoms with E-state index in [0.717, 1.165) is 24.8 Å². The van der Waals surface area contributed by atoms with E-state index in [4.69, 9.17) is 0 Å². The van der Waals surface area contributed by atoms with Crippen molar-refractivity contribution in [2.75, 3.05) is 0 Å². The topological polar surface area (TPSA) is 66.4 Å². The van der Waals surface area contributed by atoms with E-state index in [1.807, 2.05) is 30.3 Å². The molecule has 25 heavy (non-hydrogen) atoms. The summed E-state index contributed by atoms with van der Waals surface area (Å²) >= 11 is 0. The molecule has 2 rings (SSSR count). The largest absolute Gasteiger partial charge is 0.509 e. The number of rotatable bonds is 11. The van der Waals surface area contributed by atoms with Gasteiger partial charge in [0.1, 0.15) is 11.3 Å². The highest BCUT2D eigenvalue weighted by Gasteiger charge is 2.35. The molecule has 2 N–H and O–H groups in total. The number of hydrogen-bond acceptors (Lipinski definition) is 3. The molecule has 1 heterocycles. The fourth-order valence-electron chi connectivity index (χ4n) is 3.22. The molecule has 0 saturated heterocycles. The Morgan fingerprint density at radius 2 is 1.68 bits per heavy atom. The summed E-state index contributed by atoms with van der Waals surface area (Å²) in [7, 11) is 0. The summed E-state index contributed by atoms with van der Waals surface area (Å²) < 4.78 is 0. The van der Waals surface area contributed by atoms with Crippen molar-refractivity contribution >= 4 is 11.7 Å². The Morgan fingerprint density at radius 3 is 2.36 bits per heavy atom. The van der Waals surface area contributed by atoms with Gasteiger partial charge in [-0.1, -0.05) is 75.8 Å². The van der Waals surface area contributed by atoms with Crippen molar-refractivity contribution < 1.29 is 14.7 Å². The number of carbonyl (C=O) groups excluding carboxylic acids is 2. The molecule has 0 spiro atoms. The predicted molar refractivity (Wildman–Crippen MR) is 99.3 cm³/mol. The molecular formula is C21H29NO3. The van der Waals surface area contributed by atoms with E-state index in [-0.39, 0.29) is 17.1 Å². The lowest BCUT2D eigenvalue weighted by molar-refractivity contribution is -0.122. The zero-order valence-corrected chi connectivity index (χ0v) is 15.1. The minimum Gasteiger partial charge on any atom is -0.509 e. The summed E-state index contributed by atoms with van der Waals surface area (Å²) in [5.41, 5.74) is 0.979. The van der Waals surface area contributed by atoms with Gasteiger partial charge in [-0.25, -0.2) is 0 Å². The molecule has 0 fully saturated rings. The first-order chi connectivity index (χ1) is 12.1. The molecule has 1 amide bonds. The van der Waals surface area contributed by atoms with E-state index in [2.05, 4.69) is 12.2 Å². The Bertz CT molecular complexity index is 607. The lowest BCUT2D eigenvalue weighted by Crippen LogP contribution is -2.31. The number of Topliss-reactive ketones (excluding diaryl/α,β-unsaturated/α-hetero) is 1. The first-order valence-electron chi connectivity index (χ1n) is 9.44. The molecule has 0 aromatic heterocycles. The zero-order chi connectivity index (χ0) is 18.1. The molecule has 136 valence electrons. The number of carbonyl (C=O) groups is 2. The van der Waals surface area contributed by atoms with E-state index >= 15 is 0 Å². The second-order valence-electron chi connectivity index (χ2n) is 6.77. The zero-order valence-electron chi connectivity index (χ0n) is 15.1. The van der Waals surface area contributed by atoms with Crippen LogP contribution < -0.4 is 5.32 Å². The van der Waals surface area contributed by atoms with Gasteiger partial charge in [0, 0.05) is 6.42 Å². The highest BCUT2D eigenvalue weighted by atomic mass is 16.3. The number of hydrogen-bond donors (Lipinski definition) is 2. The van der Waals surface area contributed by atoms with Gasteiger partial charge in [-0.2, -0.15) is 0 Å². The SMILES string of the molecule is CCCCCCCCCC(=O)C1=C(O)C(Cc2ccccc2)NC1=O. The van der Waals surface area contributed by atoms with Gasteiger partial charge in [0.2, 0.25) is 0 Å². The third-order valence-electron chi connectivity index (χ3n) is 4.69. The second kappa shape index (κ2) is 10.0. The summed E-state index contributed by atoms with van der Waals surface area (Å²) in [6.07, 6.45) is 8.67. The van der Waals surface area contributed by atoms with Gasteiger partial charge in [-0.15, -0.1) is 0 Å². The van der Waals surface area contributed by atoms with E-state index in [0.29, 0.717) is 12.8 Å². The van der Waals surface area contributed by atoms with Crippen LogP contribution in [0.15, 0.2) is 41.7 Å². The van der Waals surface area contributed by atoms with Gasteiger partial charge in [0.25, 0.3) is 5.91 Å². The third kappa shape index (κ3) is 5.73. The molecule has 1 aromatic rings. The Morgan fingerprint density at radius 1 is 1.04 bits per heavy atom. The molecule has 0 saturated carbocycles. The van der Waals surface area contributed by atoms with Crippen LogP contribution in [0.5, 0.6) is 0 Å². The smallest absolute Gasteiger partial charge is 0.259 e. The van der Waals surface area contributed by atoms with Crippen molar-refractivity contribution in [1.82, 2.24) is 5.32 Å². The minimum absolute atomic E-state index is 0.0353. The second-order valence-corrected chi connectivity index (χ2v) is 6.77. The van der Waals surface area contributed by atoms with Crippen molar-refractivity contribution in [2.24, 2.45) is 0 Å². The highest BCUT2D eigenvalue weighted by molar-refractivity contribution is 6.21. The third-order valence-corrected chi connectivity index (χ3v) is 4.69. The minimum atomic E-state index is -0.497. The first-order valence-corrected chi connectivity index (χ1v) is 9.44. The van der Waals surface area contributed by atoms with Crippen LogP contribution in [0.4, 0.5) is 0 Å². The van der Waals surface area contributed by atoms with Crippen LogP contribution in [0.3, 0.4) is 0 Å². The number of ketones is 1. The van der Waals surface area contributed by atoms with Crippen LogP contribution in [-0.4, -0.2) is 22.8 Å². The van der Waals surface area contributed by atoms with Crippen molar-refractivity contribution in [3.05, 3.63) is 47.2 Å². The van der Waals surface area contributed by atoms with Crippen LogP contribution in [0.1, 0.15) is 63.9 Å². The molecule has 1 aliphatic heterocycles. The number of nitrogens with one attached hydrogen (secondary N) is 1. The molecular weight excluding hydrogens is 314 g/mol. The summed E-state index contributed by atoms with van der Waals surface area (Å²) in [5.74, 6) is -0.771. The van der Waals surface area contributed by atoms with Gasteiger partial charge in [0.05, 0.1) is 6.04 Å². The Hall–Kier alpha value is -2.10. The molecule has 1 aliphatic rings. The fourth-order valence-corrected chi connectivity index (χ4v) is 3.22. The summed E-state index contributed by atoms with van der Waals surface area (Å²) in [6, 6.07) is 9.14. The number of benzene rings is 1. The van der Waals surface area contributed by atoms with Crippen molar-refractivity contribution in [2.45, 2.75) is 70.8 Å². The van der Waals surface area contributed by atoms with Crippen LogP contribution in [0.25, 0.3) is 0 Å². The van der Waals surface area contributed by atoms with Crippen LogP contribution >= 0.6 is 0 Å². The number of aliphatic hydroxyl groups excluding tert-OH is 1. The van der Waals surface area contributed by atoms with Gasteiger partial charge >= 0.3 is 0 Å². The van der Waals surface area contributed by atoms with E-state index in [1.165, 1.54) is 25.7 Å². The Labute approximate surface area is 150 Å². The Balaban J connectivity index is 1.82. The summed E-state index contributed by atoms with van der Waals surface area (Å²) in [4.78, 5) is 24.4. The normalized spacial score (nSPS) is 17.0. The Kier molecular flexibility index (Phi) is 7.71. The molecule has 0 aliphatic carbocycles. The van der Waals surface area contributed by atoms with E-state index < -0.39 is 11.9 Å². The standard InChI is InChI=1S/C21H29NO3/c1-2-3-4-5-6-7-11-14-18(23)19-20(24)17(22-21(19)25)15-16-12-9-8-10-13-16/h8-10,12-13,17,24H,2-7,11,14-15H2,1H3,(H,22,25). The molecule has 0 radical (unpaired) electrons. The molecule has 1 aromatic carbocycles. The average Bonchev–Trinajstić information content (AvgIpc) is 2.88. The van der Waals surface area contributed by atoms with Gasteiger partial charge in [-0.05, 0) is 18.4 Å². The number of amides is 1. The van der Waals surface area contributed by atoms with Crippen molar-refractivity contribution in [3.8, 4) is 0 Å². The lowest BCUT2D eigenvalue weighted by Gasteiger charge is -2.10. The molecule has 0 bridgehead atoms. The maximum atomic E-state index is 12.3. The first kappa shape index (κ1) is 19.2. The van der Waals surface area contributed by atoms with E-state index in [9.17, 15) is 14.7 Å². The van der Waals surface area contributed by atoms with Crippen LogP contribution in [0, 0.1) is 0 Å². The maximum absolute atomic E-state index is 12.3. The number of unbranched alkanes of at least 4 members (excludes halogenated alkanes) is 6. The average molecular weight is 343 g/mol. The monoisotopic (exact) mass is 343 g/mol. The molecule has 4 nitrogen and oxygen atoms in total. The van der Waals surface area contributed by atoms with E-state index in [1.54, 1.807) is 0 Å². The van der Waals surface area contributed by atoms with Crippen LogP contribution in [0.2, 0.25) is 0 Å². The quantitative estimate of drug-likeness (QED) is 0.466. The maximum Gasteiger partial charge on any atom is 0.259 e. The van der Waals surface area contributed by atoms with Gasteiger partial charge in [0.15, 0.2) is 5.78 Å². The van der Waals surface area contributed by atoms with Gasteiger partial charge in [-0.3, -0.25) is 9.59 Å². The summed E-state index contributed by atoms with van der Waals surface area (Å²) in [5, 5.41) is 13.1. The molecule has 1 unspecified atom stereocenters. The highest BCUT2D eigenvalue weighted by Crippen LogP contribution is 2.21. The lowest BCUT2D eigenvalue weighted by atomic mass is 10.0. The fraction of sp³-hybridized carbons (Fsp3) is 0.524. The van der Waals surface area contributed by atoms with Crippen LogP contribution in [-0.2, 0) is 16.0 Å².